The molecule has 1 saturated heterocycles. The minimum Gasteiger partial charge on any atom is -0.444 e. The highest BCUT2D eigenvalue weighted by atomic mass is 32.2. The van der Waals surface area contributed by atoms with Crippen molar-refractivity contribution < 1.29 is 23.1 Å². The summed E-state index contributed by atoms with van der Waals surface area (Å²) in [6.45, 7) is 6.68. The Morgan fingerprint density at radius 2 is 1.91 bits per heavy atom. The zero-order valence-electron chi connectivity index (χ0n) is 14.3. The zero-order chi connectivity index (χ0) is 17.7. The molecule has 1 fully saturated rings. The Morgan fingerprint density at radius 1 is 1.35 bits per heavy atom. The number of nitrogens with zero attached hydrogens (tertiary/aromatic N) is 1. The van der Waals surface area contributed by atoms with Crippen molar-refractivity contribution in [1.82, 2.24) is 14.9 Å². The predicted octanol–water partition coefficient (Wildman–Crippen LogP) is 0.0907. The first-order valence-electron chi connectivity index (χ1n) is 7.83. The summed E-state index contributed by atoms with van der Waals surface area (Å²) < 4.78 is 30.8. The number of alkyl carbamates (subject to hydrolysis) is 1. The largest absolute Gasteiger partial charge is 0.444 e. The fourth-order valence-electron chi connectivity index (χ4n) is 2.32. The number of piperidine rings is 1. The average Bonchev–Trinajstić information content (AvgIpc) is 2.43. The maximum atomic E-state index is 12.1. The quantitative estimate of drug-likeness (QED) is 0.586. The number of aliphatic hydroxyl groups is 1. The van der Waals surface area contributed by atoms with Gasteiger partial charge in [0, 0.05) is 19.6 Å². The van der Waals surface area contributed by atoms with Crippen molar-refractivity contribution in [2.24, 2.45) is 5.92 Å². The number of aliphatic hydroxyl groups excluding tert-OH is 1. The fraction of sp³-hybridized carbons (Fsp3) is 0.929. The van der Waals surface area contributed by atoms with Gasteiger partial charge in [0.15, 0.2) is 0 Å². The van der Waals surface area contributed by atoms with E-state index in [1.807, 2.05) is 0 Å². The van der Waals surface area contributed by atoms with Crippen molar-refractivity contribution in [3.05, 3.63) is 0 Å². The molecule has 9 heteroatoms. The van der Waals surface area contributed by atoms with Gasteiger partial charge in [0.25, 0.3) is 0 Å². The smallest absolute Gasteiger partial charge is 0.407 e. The molecule has 0 aliphatic carbocycles. The molecule has 0 saturated carbocycles. The molecule has 1 unspecified atom stereocenters. The number of hydrogen-bond donors (Lipinski definition) is 3. The first kappa shape index (κ1) is 20.1. The molecule has 8 nitrogen and oxygen atoms in total. The highest BCUT2D eigenvalue weighted by Crippen LogP contribution is 2.19. The summed E-state index contributed by atoms with van der Waals surface area (Å²) in [5, 5.41) is 14.7. The molecule has 3 N–H and O–H groups in total. The summed E-state index contributed by atoms with van der Waals surface area (Å²) in [5.41, 5.74) is -0.532. The van der Waals surface area contributed by atoms with Gasteiger partial charge in [-0.2, -0.15) is 0 Å². The number of hydrogen-bond acceptors (Lipinski definition) is 6. The second-order valence-electron chi connectivity index (χ2n) is 6.81. The van der Waals surface area contributed by atoms with Crippen LogP contribution in [0.5, 0.6) is 0 Å². The summed E-state index contributed by atoms with van der Waals surface area (Å²) in [7, 11) is -1.96. The highest BCUT2D eigenvalue weighted by Gasteiger charge is 2.29. The van der Waals surface area contributed by atoms with E-state index >= 15 is 0 Å². The molecule has 0 spiro atoms. The Balaban J connectivity index is 2.37. The Bertz CT molecular complexity index is 481. The van der Waals surface area contributed by atoms with Crippen molar-refractivity contribution >= 4 is 16.1 Å². The van der Waals surface area contributed by atoms with Gasteiger partial charge in [-0.1, -0.05) is 0 Å². The van der Waals surface area contributed by atoms with Crippen LogP contribution in [0.1, 0.15) is 33.6 Å². The van der Waals surface area contributed by atoms with Gasteiger partial charge in [-0.05, 0) is 46.6 Å². The summed E-state index contributed by atoms with van der Waals surface area (Å²) in [6.07, 6.45) is -0.175. The van der Waals surface area contributed by atoms with Gasteiger partial charge in [-0.25, -0.2) is 17.5 Å². The molecule has 1 rings (SSSR count). The van der Waals surface area contributed by atoms with Crippen LogP contribution >= 0.6 is 0 Å². The van der Waals surface area contributed by atoms with Gasteiger partial charge in [0.1, 0.15) is 17.6 Å². The Kier molecular flexibility index (Phi) is 7.25. The lowest BCUT2D eigenvalue weighted by Crippen LogP contribution is -2.46. The molecule has 1 amide bonds. The summed E-state index contributed by atoms with van der Waals surface area (Å²) in [5.74, 6) is -0.104. The van der Waals surface area contributed by atoms with Crippen molar-refractivity contribution in [3.63, 3.8) is 0 Å². The molecule has 136 valence electrons. The van der Waals surface area contributed by atoms with E-state index in [1.54, 1.807) is 20.8 Å². The minimum atomic E-state index is -3.46. The lowest BCUT2D eigenvalue weighted by molar-refractivity contribution is 0.0513. The van der Waals surface area contributed by atoms with E-state index in [0.29, 0.717) is 32.5 Å². The molecule has 1 heterocycles. The zero-order valence-corrected chi connectivity index (χ0v) is 15.1. The highest BCUT2D eigenvalue weighted by molar-refractivity contribution is 7.89. The van der Waals surface area contributed by atoms with Gasteiger partial charge in [-0.3, -0.25) is 5.32 Å². The number of rotatable bonds is 6. The number of amides is 1. The predicted molar refractivity (Wildman–Crippen MR) is 87.4 cm³/mol. The molecule has 0 aromatic rings. The number of carbonyl (C=O) groups excluding carboxylic acids is 1. The van der Waals surface area contributed by atoms with E-state index in [-0.39, 0.29) is 11.7 Å². The van der Waals surface area contributed by atoms with E-state index in [2.05, 4.69) is 10.6 Å². The van der Waals surface area contributed by atoms with Crippen LogP contribution in [0.15, 0.2) is 0 Å². The van der Waals surface area contributed by atoms with E-state index in [0.717, 1.165) is 0 Å². The lowest BCUT2D eigenvalue weighted by atomic mass is 9.98. The molecule has 1 atom stereocenters. The standard InChI is InChI=1S/C14H29N3O5S/c1-14(2,3)22-13(19)16-9-11-5-7-17(8-6-11)23(20,21)10-12(18)15-4/h11-12,15,18H,5-10H2,1-4H3,(H,16,19). The van der Waals surface area contributed by atoms with E-state index in [1.165, 1.54) is 11.4 Å². The number of sulfonamides is 1. The Hall–Kier alpha value is -0.900. The maximum absolute atomic E-state index is 12.1. The first-order chi connectivity index (χ1) is 10.5. The van der Waals surface area contributed by atoms with Crippen LogP contribution in [-0.4, -0.2) is 68.2 Å². The van der Waals surface area contributed by atoms with Crippen molar-refractivity contribution in [1.29, 1.82) is 0 Å². The van der Waals surface area contributed by atoms with Crippen molar-refractivity contribution in [2.75, 3.05) is 32.4 Å². The summed E-state index contributed by atoms with van der Waals surface area (Å²) in [6, 6.07) is 0. The summed E-state index contributed by atoms with van der Waals surface area (Å²) in [4.78, 5) is 11.6. The number of nitrogens with one attached hydrogen (secondary N) is 2. The minimum absolute atomic E-state index is 0.225. The van der Waals surface area contributed by atoms with Crippen LogP contribution in [0.3, 0.4) is 0 Å². The third kappa shape index (κ3) is 7.47. The molecular weight excluding hydrogens is 322 g/mol. The third-order valence-electron chi connectivity index (χ3n) is 3.60. The number of carbonyl (C=O) groups is 1. The topological polar surface area (TPSA) is 108 Å². The van der Waals surface area contributed by atoms with Gasteiger partial charge >= 0.3 is 6.09 Å². The van der Waals surface area contributed by atoms with E-state index in [9.17, 15) is 18.3 Å². The van der Waals surface area contributed by atoms with Gasteiger partial charge in [0.05, 0.1) is 0 Å². The monoisotopic (exact) mass is 351 g/mol. The molecule has 23 heavy (non-hydrogen) atoms. The van der Waals surface area contributed by atoms with Gasteiger partial charge < -0.3 is 15.2 Å². The first-order valence-corrected chi connectivity index (χ1v) is 9.44. The van der Waals surface area contributed by atoms with E-state index < -0.39 is 27.9 Å². The van der Waals surface area contributed by atoms with Gasteiger partial charge in [-0.15, -0.1) is 0 Å². The van der Waals surface area contributed by atoms with Crippen LogP contribution in [0.2, 0.25) is 0 Å². The summed E-state index contributed by atoms with van der Waals surface area (Å²) >= 11 is 0. The Morgan fingerprint density at radius 3 is 2.39 bits per heavy atom. The lowest BCUT2D eigenvalue weighted by Gasteiger charge is -2.32. The van der Waals surface area contributed by atoms with Gasteiger partial charge in [0.2, 0.25) is 10.0 Å². The number of ether oxygens (including phenoxy) is 1. The van der Waals surface area contributed by atoms with Crippen LogP contribution in [-0.2, 0) is 14.8 Å². The molecule has 0 bridgehead atoms. The Labute approximate surface area is 138 Å². The molecule has 0 radical (unpaired) electrons. The van der Waals surface area contributed by atoms with E-state index in [4.69, 9.17) is 4.74 Å². The fourth-order valence-corrected chi connectivity index (χ4v) is 3.87. The molecule has 0 aromatic heterocycles. The molecule has 1 aliphatic heterocycles. The maximum Gasteiger partial charge on any atom is 0.407 e. The van der Waals surface area contributed by atoms with Crippen LogP contribution in [0, 0.1) is 5.92 Å². The third-order valence-corrected chi connectivity index (χ3v) is 5.49. The average molecular weight is 351 g/mol. The molecular formula is C14H29N3O5S. The SMILES string of the molecule is CNC(O)CS(=O)(=O)N1CCC(CNC(=O)OC(C)(C)C)CC1. The van der Waals surface area contributed by atoms with Crippen LogP contribution < -0.4 is 10.6 Å². The van der Waals surface area contributed by atoms with Crippen LogP contribution in [0.4, 0.5) is 4.79 Å². The van der Waals surface area contributed by atoms with Crippen molar-refractivity contribution in [2.45, 2.75) is 45.4 Å². The molecule has 0 aromatic carbocycles. The normalized spacial score (nSPS) is 19.3. The van der Waals surface area contributed by atoms with Crippen molar-refractivity contribution in [3.8, 4) is 0 Å². The van der Waals surface area contributed by atoms with Crippen LogP contribution in [0.25, 0.3) is 0 Å². The second kappa shape index (κ2) is 8.27. The second-order valence-corrected chi connectivity index (χ2v) is 8.82. The molecule has 1 aliphatic rings.